The van der Waals surface area contributed by atoms with Crippen molar-refractivity contribution in [1.82, 2.24) is 0 Å². The molecular formula is C3H5O3Re-7. The second-order valence-electron chi connectivity index (χ2n) is 0.289. The average Bonchev–Trinajstić information content (AvgIpc) is 0.918. The molecule has 0 aliphatic rings. The molecule has 0 spiro atoms. The Morgan fingerprint density at radius 3 is 1.14 bits per heavy atom. The summed E-state index contributed by atoms with van der Waals surface area (Å²) >= 11 is 0. The van der Waals surface area contributed by atoms with Gasteiger partial charge in [-0.1, -0.05) is 0 Å². The van der Waals surface area contributed by atoms with Crippen molar-refractivity contribution in [3.05, 3.63) is 19.6 Å². The Hall–Kier alpha value is 0.152. The fourth-order valence-electron chi connectivity index (χ4n) is 0. The van der Waals surface area contributed by atoms with Gasteiger partial charge in [0, 0.05) is 20.4 Å². The normalized spacial score (nSPS) is 1.71. The van der Waals surface area contributed by atoms with Crippen LogP contribution in [-0.4, -0.2) is 0 Å². The first-order valence-electron chi connectivity index (χ1n) is 0.816. The molecule has 0 amide bonds. The minimum absolute atomic E-state index is 0. The molecule has 7 heavy (non-hydrogen) atoms. The summed E-state index contributed by atoms with van der Waals surface area (Å²) in [6.45, 7) is 6.50. The smallest absolute Gasteiger partial charge is 0 e. The van der Waals surface area contributed by atoms with Crippen molar-refractivity contribution in [3.63, 3.8) is 0 Å². The Morgan fingerprint density at radius 1 is 1.14 bits per heavy atom. The Bertz CT molecular complexity index is 17.7. The second kappa shape index (κ2) is 123. The van der Waals surface area contributed by atoms with Gasteiger partial charge in [-0.25, -0.2) is 19.6 Å². The molecule has 0 aromatic heterocycles. The summed E-state index contributed by atoms with van der Waals surface area (Å²) in [6, 6.07) is 0. The van der Waals surface area contributed by atoms with Crippen molar-refractivity contribution in [3.8, 4) is 0 Å². The maximum atomic E-state index is 3.25. The molecule has 0 rings (SSSR count). The molecule has 3 nitrogen and oxygen atoms in total. The molecule has 0 heterocycles. The van der Waals surface area contributed by atoms with Crippen LogP contribution in [0.15, 0.2) is 12.7 Å². The minimum atomic E-state index is 0. The Morgan fingerprint density at radius 2 is 1.14 bits per heavy atom. The average molecular weight is 275 g/mol. The van der Waals surface area contributed by atoms with E-state index in [1.807, 2.05) is 0 Å². The molecule has 0 aromatic rings. The number of hydrogen-bond acceptors (Lipinski definition) is 0. The number of rotatable bonds is 0. The van der Waals surface area contributed by atoms with Gasteiger partial charge in [-0.05, 0) is 0 Å². The summed E-state index contributed by atoms with van der Waals surface area (Å²) in [5.41, 5.74) is 0. The molecule has 0 unspecified atom stereocenters. The van der Waals surface area contributed by atoms with Gasteiger partial charge in [-0.2, -0.15) is 0 Å². The fraction of sp³-hybridized carbons (Fsp3) is 0. The van der Waals surface area contributed by atoms with Gasteiger partial charge in [-0.3, -0.25) is 0 Å². The van der Waals surface area contributed by atoms with Crippen LogP contribution in [0.25, 0.3) is 0 Å². The van der Waals surface area contributed by atoms with E-state index in [-0.39, 0.29) is 36.9 Å². The van der Waals surface area contributed by atoms with Crippen LogP contribution < -0.4 is 0 Å². The standard InChI is InChI=1S/C3H5.3O.Re/c1-3-2;;;;/h3H,1-2H2;;;;/q-1;3*-2;. The molecule has 0 bridgehead atoms. The third-order valence-electron chi connectivity index (χ3n) is 0. The van der Waals surface area contributed by atoms with Gasteiger partial charge in [0.15, 0.2) is 0 Å². The van der Waals surface area contributed by atoms with Gasteiger partial charge in [0.2, 0.25) is 0 Å². The largest absolute Gasteiger partial charge is 2.00 e. The molecule has 0 saturated heterocycles. The number of hydrogen-bond donors (Lipinski definition) is 0. The summed E-state index contributed by atoms with van der Waals surface area (Å²) in [7, 11) is 0. The van der Waals surface area contributed by atoms with Gasteiger partial charge in [-0.15, -0.1) is 0 Å². The number of allylic oxidation sites excluding steroid dienone is 1. The maximum Gasteiger partial charge on any atom is 0 e. The monoisotopic (exact) mass is 276 g/mol. The van der Waals surface area contributed by atoms with Crippen LogP contribution in [0.5, 0.6) is 0 Å². The van der Waals surface area contributed by atoms with E-state index in [9.17, 15) is 0 Å². The van der Waals surface area contributed by atoms with E-state index >= 15 is 0 Å². The third kappa shape index (κ3) is 4570. The Balaban J connectivity index is -0.00000000333. The maximum absolute atomic E-state index is 3.25. The first-order chi connectivity index (χ1) is 1.41. The van der Waals surface area contributed by atoms with Gasteiger partial charge in [0.25, 0.3) is 0 Å². The Labute approximate surface area is 57.0 Å². The van der Waals surface area contributed by atoms with Crippen LogP contribution in [0.4, 0.5) is 0 Å². The van der Waals surface area contributed by atoms with Crippen molar-refractivity contribution in [1.29, 1.82) is 0 Å². The van der Waals surface area contributed by atoms with Crippen LogP contribution in [0, 0.1) is 6.92 Å². The molecule has 0 saturated carbocycles. The molecule has 4 heteroatoms. The van der Waals surface area contributed by atoms with Crippen LogP contribution in [0.2, 0.25) is 0 Å². The summed E-state index contributed by atoms with van der Waals surface area (Å²) in [6.07, 6.45) is 1.50. The zero-order valence-electron chi connectivity index (χ0n) is 3.59. The van der Waals surface area contributed by atoms with Crippen molar-refractivity contribution in [2.45, 2.75) is 0 Å². The summed E-state index contributed by atoms with van der Waals surface area (Å²) in [5, 5.41) is 0. The predicted molar refractivity (Wildman–Crippen MR) is 17.6 cm³/mol. The quantitative estimate of drug-likeness (QED) is 0.581. The molecule has 0 N–H and O–H groups in total. The van der Waals surface area contributed by atoms with Crippen molar-refractivity contribution in [2.24, 2.45) is 0 Å². The molecule has 0 aromatic carbocycles. The summed E-state index contributed by atoms with van der Waals surface area (Å²) in [4.78, 5) is 0. The fourth-order valence-corrected chi connectivity index (χ4v) is 0. The first kappa shape index (κ1) is 58.4. The van der Waals surface area contributed by atoms with E-state index < -0.39 is 0 Å². The van der Waals surface area contributed by atoms with Gasteiger partial charge in [0.05, 0.1) is 0 Å². The van der Waals surface area contributed by atoms with Gasteiger partial charge in [0.1, 0.15) is 0 Å². The molecule has 0 aliphatic carbocycles. The zero-order chi connectivity index (χ0) is 2.71. The van der Waals surface area contributed by atoms with Crippen molar-refractivity contribution < 1.29 is 36.9 Å². The molecule has 1 radical (unpaired) electrons. The molecule has 0 atom stereocenters. The zero-order valence-corrected chi connectivity index (χ0v) is 6.31. The van der Waals surface area contributed by atoms with Crippen molar-refractivity contribution >= 4 is 0 Å². The van der Waals surface area contributed by atoms with Gasteiger partial charge >= 0.3 is 0 Å². The van der Waals surface area contributed by atoms with E-state index in [1.54, 1.807) is 0 Å². The van der Waals surface area contributed by atoms with Crippen LogP contribution in [-0.2, 0) is 36.9 Å². The van der Waals surface area contributed by atoms with Crippen LogP contribution >= 0.6 is 0 Å². The summed E-state index contributed by atoms with van der Waals surface area (Å²) in [5.74, 6) is 0. The topological polar surface area (TPSA) is 85.5 Å². The van der Waals surface area contributed by atoms with Crippen molar-refractivity contribution in [2.75, 3.05) is 0 Å². The first-order valence-corrected chi connectivity index (χ1v) is 0.816. The molecular weight excluding hydrogens is 270 g/mol. The van der Waals surface area contributed by atoms with Gasteiger partial charge < -0.3 is 16.4 Å². The second-order valence-corrected chi connectivity index (χ2v) is 0.289. The van der Waals surface area contributed by atoms with E-state index in [1.165, 1.54) is 6.08 Å². The van der Waals surface area contributed by atoms with Crippen LogP contribution in [0.1, 0.15) is 0 Å². The molecule has 49 valence electrons. The van der Waals surface area contributed by atoms with Crippen LogP contribution in [0.3, 0.4) is 0 Å². The SMILES string of the molecule is C=C[CH2-].[O-2].[O-2].[O-2].[Re]. The molecule has 0 aliphatic heterocycles. The van der Waals surface area contributed by atoms with E-state index in [0.717, 1.165) is 0 Å². The third-order valence-corrected chi connectivity index (χ3v) is 0. The molecule has 0 fully saturated rings. The minimum Gasteiger partial charge on any atom is -2.00 e. The van der Waals surface area contributed by atoms with E-state index in [0.29, 0.717) is 0 Å². The van der Waals surface area contributed by atoms with E-state index in [4.69, 9.17) is 0 Å². The predicted octanol–water partition coefficient (Wildman–Crippen LogP) is 0.648. The summed E-state index contributed by atoms with van der Waals surface area (Å²) < 4.78 is 0. The van der Waals surface area contributed by atoms with E-state index in [2.05, 4.69) is 13.5 Å². The Kier molecular flexibility index (Phi) is 1030.